The molecule has 0 aliphatic carbocycles. The lowest BCUT2D eigenvalue weighted by atomic mass is 9.98. The first-order chi connectivity index (χ1) is 11.7. The van der Waals surface area contributed by atoms with E-state index in [0.29, 0.717) is 12.5 Å². The topological polar surface area (TPSA) is 42.4 Å². The summed E-state index contributed by atoms with van der Waals surface area (Å²) in [6, 6.07) is 7.73. The highest BCUT2D eigenvalue weighted by Gasteiger charge is 2.27. The molecule has 1 aromatic heterocycles. The lowest BCUT2D eigenvalue weighted by Gasteiger charge is -2.32. The fourth-order valence-electron chi connectivity index (χ4n) is 3.13. The SMILES string of the molecule is CCc1csc([C@@H]2CCCN(C(=O)c3ccc(COC)cc3)C2)n1. The quantitative estimate of drug-likeness (QED) is 0.827. The molecule has 1 saturated heterocycles. The van der Waals surface area contributed by atoms with Gasteiger partial charge >= 0.3 is 0 Å². The maximum atomic E-state index is 12.8. The van der Waals surface area contributed by atoms with Crippen molar-refractivity contribution < 1.29 is 9.53 Å². The molecule has 1 aromatic carbocycles. The van der Waals surface area contributed by atoms with Gasteiger partial charge in [0, 0.05) is 37.1 Å². The van der Waals surface area contributed by atoms with E-state index in [2.05, 4.69) is 12.3 Å². The fraction of sp³-hybridized carbons (Fsp3) is 0.474. The van der Waals surface area contributed by atoms with Gasteiger partial charge in [0.2, 0.25) is 0 Å². The number of piperidine rings is 1. The summed E-state index contributed by atoms with van der Waals surface area (Å²) in [5.41, 5.74) is 3.00. The highest BCUT2D eigenvalue weighted by atomic mass is 32.1. The molecule has 4 nitrogen and oxygen atoms in total. The predicted octanol–water partition coefficient (Wildman–Crippen LogP) is 3.87. The number of nitrogens with zero attached hydrogens (tertiary/aromatic N) is 2. The average Bonchev–Trinajstić information content (AvgIpc) is 3.11. The summed E-state index contributed by atoms with van der Waals surface area (Å²) in [6.45, 7) is 4.31. The summed E-state index contributed by atoms with van der Waals surface area (Å²) < 4.78 is 5.12. The number of benzene rings is 1. The standard InChI is InChI=1S/C19H24N2O2S/c1-3-17-13-24-18(20-17)16-5-4-10-21(11-16)19(22)15-8-6-14(7-9-15)12-23-2/h6-9,13,16H,3-5,10-12H2,1-2H3/t16-/m1/s1. The van der Waals surface area contributed by atoms with Crippen LogP contribution >= 0.6 is 11.3 Å². The Hall–Kier alpha value is -1.72. The number of thiazole rings is 1. The number of carbonyl (C=O) groups excluding carboxylic acids is 1. The van der Waals surface area contributed by atoms with E-state index in [1.165, 1.54) is 5.01 Å². The van der Waals surface area contributed by atoms with Crippen molar-refractivity contribution in [2.45, 2.75) is 38.7 Å². The molecule has 0 radical (unpaired) electrons. The maximum Gasteiger partial charge on any atom is 0.253 e. The van der Waals surface area contributed by atoms with Crippen LogP contribution in [0.5, 0.6) is 0 Å². The molecular formula is C19H24N2O2S. The molecule has 1 aliphatic rings. The molecule has 0 bridgehead atoms. The van der Waals surface area contributed by atoms with Gasteiger partial charge in [-0.3, -0.25) is 4.79 Å². The van der Waals surface area contributed by atoms with Crippen LogP contribution in [0, 0.1) is 0 Å². The predicted molar refractivity (Wildman–Crippen MR) is 96.5 cm³/mol. The zero-order chi connectivity index (χ0) is 16.9. The Labute approximate surface area is 147 Å². The van der Waals surface area contributed by atoms with Crippen LogP contribution in [-0.2, 0) is 17.8 Å². The van der Waals surface area contributed by atoms with Crippen molar-refractivity contribution in [3.63, 3.8) is 0 Å². The molecule has 3 rings (SSSR count). The van der Waals surface area contributed by atoms with E-state index >= 15 is 0 Å². The minimum atomic E-state index is 0.121. The normalized spacial score (nSPS) is 17.9. The number of hydrogen-bond donors (Lipinski definition) is 0. The summed E-state index contributed by atoms with van der Waals surface area (Å²) >= 11 is 1.73. The van der Waals surface area contributed by atoms with Gasteiger partial charge in [-0.05, 0) is 37.0 Å². The average molecular weight is 344 g/mol. The molecule has 2 aromatic rings. The molecule has 1 atom stereocenters. The smallest absolute Gasteiger partial charge is 0.253 e. The van der Waals surface area contributed by atoms with Crippen molar-refractivity contribution in [3.8, 4) is 0 Å². The van der Waals surface area contributed by atoms with Crippen molar-refractivity contribution >= 4 is 17.2 Å². The first kappa shape index (κ1) is 17.1. The first-order valence-electron chi connectivity index (χ1n) is 8.52. The summed E-state index contributed by atoms with van der Waals surface area (Å²) in [5.74, 6) is 0.497. The second-order valence-electron chi connectivity index (χ2n) is 6.25. The fourth-order valence-corrected chi connectivity index (χ4v) is 4.16. The maximum absolute atomic E-state index is 12.8. The third kappa shape index (κ3) is 3.84. The first-order valence-corrected chi connectivity index (χ1v) is 9.40. The van der Waals surface area contributed by atoms with Gasteiger partial charge in [-0.15, -0.1) is 11.3 Å². The van der Waals surface area contributed by atoms with Crippen LogP contribution in [0.1, 0.15) is 52.3 Å². The minimum Gasteiger partial charge on any atom is -0.380 e. The number of ether oxygens (including phenoxy) is 1. The summed E-state index contributed by atoms with van der Waals surface area (Å²) in [5, 5.41) is 3.32. The van der Waals surface area contributed by atoms with Crippen LogP contribution < -0.4 is 0 Å². The van der Waals surface area contributed by atoms with Crippen molar-refractivity contribution in [2.75, 3.05) is 20.2 Å². The number of carbonyl (C=O) groups is 1. The van der Waals surface area contributed by atoms with Gasteiger partial charge in [-0.1, -0.05) is 19.1 Å². The second kappa shape index (κ2) is 7.90. The second-order valence-corrected chi connectivity index (χ2v) is 7.14. The van der Waals surface area contributed by atoms with Gasteiger partial charge in [0.15, 0.2) is 0 Å². The molecule has 0 N–H and O–H groups in total. The van der Waals surface area contributed by atoms with Crippen LogP contribution in [0.3, 0.4) is 0 Å². The lowest BCUT2D eigenvalue weighted by Crippen LogP contribution is -2.39. The van der Waals surface area contributed by atoms with E-state index in [1.54, 1.807) is 18.4 Å². The van der Waals surface area contributed by atoms with Crippen LogP contribution in [0.25, 0.3) is 0 Å². The third-order valence-corrected chi connectivity index (χ3v) is 5.56. The van der Waals surface area contributed by atoms with Gasteiger partial charge in [0.1, 0.15) is 0 Å². The highest BCUT2D eigenvalue weighted by Crippen LogP contribution is 2.30. The number of hydrogen-bond acceptors (Lipinski definition) is 4. The monoisotopic (exact) mass is 344 g/mol. The Morgan fingerprint density at radius 3 is 2.83 bits per heavy atom. The van der Waals surface area contributed by atoms with Crippen LogP contribution in [0.4, 0.5) is 0 Å². The van der Waals surface area contributed by atoms with Crippen molar-refractivity contribution in [1.29, 1.82) is 0 Å². The summed E-state index contributed by atoms with van der Waals surface area (Å²) in [7, 11) is 1.68. The van der Waals surface area contributed by atoms with Crippen molar-refractivity contribution in [1.82, 2.24) is 9.88 Å². The zero-order valence-electron chi connectivity index (χ0n) is 14.3. The van der Waals surface area contributed by atoms with Gasteiger partial charge in [0.05, 0.1) is 17.3 Å². The van der Waals surface area contributed by atoms with E-state index in [4.69, 9.17) is 9.72 Å². The van der Waals surface area contributed by atoms with E-state index < -0.39 is 0 Å². The molecule has 24 heavy (non-hydrogen) atoms. The Morgan fingerprint density at radius 1 is 1.38 bits per heavy atom. The lowest BCUT2D eigenvalue weighted by molar-refractivity contribution is 0.0707. The summed E-state index contributed by atoms with van der Waals surface area (Å²) in [6.07, 6.45) is 3.13. The zero-order valence-corrected chi connectivity index (χ0v) is 15.1. The molecule has 1 fully saturated rings. The summed E-state index contributed by atoms with van der Waals surface area (Å²) in [4.78, 5) is 19.5. The molecule has 1 amide bonds. The van der Waals surface area contributed by atoms with Crippen molar-refractivity contribution in [3.05, 3.63) is 51.5 Å². The highest BCUT2D eigenvalue weighted by molar-refractivity contribution is 7.09. The van der Waals surface area contributed by atoms with Crippen LogP contribution in [0.15, 0.2) is 29.6 Å². The number of likely N-dealkylation sites (tertiary alicyclic amines) is 1. The number of aryl methyl sites for hydroxylation is 1. The van der Waals surface area contributed by atoms with Crippen molar-refractivity contribution in [2.24, 2.45) is 0 Å². The number of aromatic nitrogens is 1. The Kier molecular flexibility index (Phi) is 5.63. The van der Waals surface area contributed by atoms with E-state index in [9.17, 15) is 4.79 Å². The molecule has 0 unspecified atom stereocenters. The van der Waals surface area contributed by atoms with Gasteiger partial charge in [-0.25, -0.2) is 4.98 Å². The van der Waals surface area contributed by atoms with Crippen LogP contribution in [-0.4, -0.2) is 36.0 Å². The molecule has 2 heterocycles. The molecule has 0 spiro atoms. The number of methoxy groups -OCH3 is 1. The van der Waals surface area contributed by atoms with Gasteiger partial charge in [0.25, 0.3) is 5.91 Å². The molecular weight excluding hydrogens is 320 g/mol. The molecule has 128 valence electrons. The molecule has 0 saturated carbocycles. The Balaban J connectivity index is 1.68. The number of rotatable bonds is 5. The Morgan fingerprint density at radius 2 is 2.17 bits per heavy atom. The van der Waals surface area contributed by atoms with E-state index in [-0.39, 0.29) is 5.91 Å². The van der Waals surface area contributed by atoms with Crippen LogP contribution in [0.2, 0.25) is 0 Å². The van der Waals surface area contributed by atoms with E-state index in [0.717, 1.165) is 49.2 Å². The number of amides is 1. The Bertz CT molecular complexity index is 681. The minimum absolute atomic E-state index is 0.121. The van der Waals surface area contributed by atoms with E-state index in [1.807, 2.05) is 29.2 Å². The largest absolute Gasteiger partial charge is 0.380 e. The van der Waals surface area contributed by atoms with Gasteiger partial charge < -0.3 is 9.64 Å². The molecule has 1 aliphatic heterocycles. The van der Waals surface area contributed by atoms with Gasteiger partial charge in [-0.2, -0.15) is 0 Å². The third-order valence-electron chi connectivity index (χ3n) is 4.50. The molecule has 5 heteroatoms.